The minimum absolute atomic E-state index is 0.284. The van der Waals surface area contributed by atoms with Crippen LogP contribution in [0, 0.1) is 0 Å². The summed E-state index contributed by atoms with van der Waals surface area (Å²) in [6, 6.07) is 7.66. The van der Waals surface area contributed by atoms with Gasteiger partial charge in [-0.15, -0.1) is 0 Å². The number of benzene rings is 1. The first-order chi connectivity index (χ1) is 13.5. The van der Waals surface area contributed by atoms with E-state index in [1.807, 2.05) is 57.3 Å². The lowest BCUT2D eigenvalue weighted by atomic mass is 10.2. The van der Waals surface area contributed by atoms with Crippen molar-refractivity contribution in [3.8, 4) is 5.75 Å². The molecule has 0 saturated heterocycles. The van der Waals surface area contributed by atoms with Crippen molar-refractivity contribution in [1.82, 2.24) is 18.7 Å². The van der Waals surface area contributed by atoms with Crippen LogP contribution < -0.4 is 16.0 Å². The number of imidazole rings is 1. The summed E-state index contributed by atoms with van der Waals surface area (Å²) < 4.78 is 9.86. The number of hydrogen-bond donors (Lipinski definition) is 0. The fourth-order valence-corrected chi connectivity index (χ4v) is 3.26. The standard InChI is InChI=1S/C21H26N4O3/c1-5-13-24-19-18(20(26)25(14-6-2)21(24)27)23(3)17(22-19)12-9-15-7-10-16(28-4)11-8-15/h7-12H,5-6,13-14H2,1-4H3/b12-9+. The summed E-state index contributed by atoms with van der Waals surface area (Å²) in [5, 5.41) is 0. The van der Waals surface area contributed by atoms with Crippen molar-refractivity contribution in [2.24, 2.45) is 7.05 Å². The Morgan fingerprint density at radius 2 is 1.64 bits per heavy atom. The van der Waals surface area contributed by atoms with E-state index in [4.69, 9.17) is 4.74 Å². The minimum Gasteiger partial charge on any atom is -0.497 e. The van der Waals surface area contributed by atoms with Gasteiger partial charge in [-0.25, -0.2) is 9.78 Å². The van der Waals surface area contributed by atoms with E-state index in [9.17, 15) is 9.59 Å². The molecule has 0 bridgehead atoms. The van der Waals surface area contributed by atoms with E-state index in [1.54, 1.807) is 16.2 Å². The molecular formula is C21H26N4O3. The number of fused-ring (bicyclic) bond motifs is 1. The number of hydrogen-bond acceptors (Lipinski definition) is 4. The van der Waals surface area contributed by atoms with Crippen LogP contribution in [0.5, 0.6) is 5.75 Å². The van der Waals surface area contributed by atoms with Gasteiger partial charge in [-0.1, -0.05) is 32.1 Å². The molecule has 0 aliphatic rings. The van der Waals surface area contributed by atoms with Crippen LogP contribution in [0.25, 0.3) is 23.3 Å². The van der Waals surface area contributed by atoms with Crippen molar-refractivity contribution in [3.05, 3.63) is 56.5 Å². The van der Waals surface area contributed by atoms with Gasteiger partial charge in [0.15, 0.2) is 11.2 Å². The predicted molar refractivity (Wildman–Crippen MR) is 112 cm³/mol. The second-order valence-electron chi connectivity index (χ2n) is 6.70. The van der Waals surface area contributed by atoms with E-state index in [0.717, 1.165) is 24.2 Å². The predicted octanol–water partition coefficient (Wildman–Crippen LogP) is 2.90. The maximum atomic E-state index is 12.9. The van der Waals surface area contributed by atoms with E-state index in [0.29, 0.717) is 30.1 Å². The molecule has 7 nitrogen and oxygen atoms in total. The zero-order valence-electron chi connectivity index (χ0n) is 16.8. The van der Waals surface area contributed by atoms with Gasteiger partial charge in [-0.2, -0.15) is 0 Å². The lowest BCUT2D eigenvalue weighted by Crippen LogP contribution is -2.40. The number of aryl methyl sites for hydroxylation is 2. The highest BCUT2D eigenvalue weighted by Crippen LogP contribution is 2.16. The van der Waals surface area contributed by atoms with Crippen LogP contribution in [-0.4, -0.2) is 25.8 Å². The molecule has 0 saturated carbocycles. The summed E-state index contributed by atoms with van der Waals surface area (Å²) in [5.41, 5.74) is 1.32. The third-order valence-electron chi connectivity index (χ3n) is 4.71. The Labute approximate surface area is 163 Å². The van der Waals surface area contributed by atoms with Crippen LogP contribution in [0.15, 0.2) is 33.9 Å². The average molecular weight is 382 g/mol. The van der Waals surface area contributed by atoms with Crippen molar-refractivity contribution in [1.29, 1.82) is 0 Å². The second-order valence-corrected chi connectivity index (χ2v) is 6.70. The van der Waals surface area contributed by atoms with Crippen LogP contribution in [0.1, 0.15) is 38.1 Å². The molecule has 7 heteroatoms. The Morgan fingerprint density at radius 3 is 2.25 bits per heavy atom. The van der Waals surface area contributed by atoms with Crippen molar-refractivity contribution in [2.45, 2.75) is 39.8 Å². The first kappa shape index (κ1) is 19.7. The van der Waals surface area contributed by atoms with Crippen LogP contribution in [0.3, 0.4) is 0 Å². The molecular weight excluding hydrogens is 356 g/mol. The maximum Gasteiger partial charge on any atom is 0.332 e. The first-order valence-corrected chi connectivity index (χ1v) is 9.54. The van der Waals surface area contributed by atoms with Gasteiger partial charge >= 0.3 is 5.69 Å². The Bertz CT molecular complexity index is 1120. The molecule has 2 heterocycles. The topological polar surface area (TPSA) is 71.1 Å². The fourth-order valence-electron chi connectivity index (χ4n) is 3.26. The lowest BCUT2D eigenvalue weighted by molar-refractivity contribution is 0.415. The molecule has 0 aliphatic heterocycles. The van der Waals surface area contributed by atoms with Gasteiger partial charge < -0.3 is 9.30 Å². The maximum absolute atomic E-state index is 12.9. The van der Waals surface area contributed by atoms with Gasteiger partial charge in [0.05, 0.1) is 7.11 Å². The van der Waals surface area contributed by atoms with Crippen LogP contribution in [0.4, 0.5) is 0 Å². The Kier molecular flexibility index (Phi) is 5.82. The number of aromatic nitrogens is 4. The van der Waals surface area contributed by atoms with Gasteiger partial charge in [-0.05, 0) is 36.6 Å². The molecule has 28 heavy (non-hydrogen) atoms. The number of rotatable bonds is 7. The third-order valence-corrected chi connectivity index (χ3v) is 4.71. The lowest BCUT2D eigenvalue weighted by Gasteiger charge is -2.10. The molecule has 0 atom stereocenters. The molecule has 0 N–H and O–H groups in total. The normalized spacial score (nSPS) is 11.6. The van der Waals surface area contributed by atoms with Crippen LogP contribution >= 0.6 is 0 Å². The molecule has 3 rings (SSSR count). The number of nitrogens with zero attached hydrogens (tertiary/aromatic N) is 4. The summed E-state index contributed by atoms with van der Waals surface area (Å²) in [5.74, 6) is 1.42. The quantitative estimate of drug-likeness (QED) is 0.630. The molecule has 2 aromatic heterocycles. The average Bonchev–Trinajstić information content (AvgIpc) is 3.03. The number of methoxy groups -OCH3 is 1. The molecule has 0 fully saturated rings. The summed E-state index contributed by atoms with van der Waals surface area (Å²) in [6.07, 6.45) is 5.28. The van der Waals surface area contributed by atoms with E-state index in [2.05, 4.69) is 4.98 Å². The minimum atomic E-state index is -0.287. The summed E-state index contributed by atoms with van der Waals surface area (Å²) in [6.45, 7) is 4.88. The molecule has 0 amide bonds. The number of ether oxygens (including phenoxy) is 1. The molecule has 3 aromatic rings. The molecule has 0 aliphatic carbocycles. The highest BCUT2D eigenvalue weighted by Gasteiger charge is 2.18. The van der Waals surface area contributed by atoms with Crippen molar-refractivity contribution >= 4 is 23.3 Å². The molecule has 0 radical (unpaired) electrons. The third kappa shape index (κ3) is 3.52. The zero-order valence-corrected chi connectivity index (χ0v) is 16.8. The fraction of sp³-hybridized carbons (Fsp3) is 0.381. The van der Waals surface area contributed by atoms with Crippen LogP contribution in [-0.2, 0) is 20.1 Å². The summed E-state index contributed by atoms with van der Waals surface area (Å²) in [7, 11) is 3.44. The highest BCUT2D eigenvalue weighted by atomic mass is 16.5. The second kappa shape index (κ2) is 8.29. The molecule has 0 spiro atoms. The van der Waals surface area contributed by atoms with E-state index in [1.165, 1.54) is 4.57 Å². The van der Waals surface area contributed by atoms with Crippen LogP contribution in [0.2, 0.25) is 0 Å². The van der Waals surface area contributed by atoms with E-state index in [-0.39, 0.29) is 11.2 Å². The van der Waals surface area contributed by atoms with Crippen molar-refractivity contribution in [2.75, 3.05) is 7.11 Å². The van der Waals surface area contributed by atoms with E-state index >= 15 is 0 Å². The molecule has 0 unspecified atom stereocenters. The molecule has 1 aromatic carbocycles. The van der Waals surface area contributed by atoms with E-state index < -0.39 is 0 Å². The zero-order chi connectivity index (χ0) is 20.3. The van der Waals surface area contributed by atoms with Crippen molar-refractivity contribution in [3.63, 3.8) is 0 Å². The summed E-state index contributed by atoms with van der Waals surface area (Å²) in [4.78, 5) is 30.3. The van der Waals surface area contributed by atoms with Gasteiger partial charge in [0, 0.05) is 20.1 Å². The SMILES string of the molecule is CCCn1c(=O)c2c(nc(/C=C/c3ccc(OC)cc3)n2C)n(CCC)c1=O. The molecule has 148 valence electrons. The van der Waals surface area contributed by atoms with Gasteiger partial charge in [0.2, 0.25) is 0 Å². The Hall–Kier alpha value is -3.09. The van der Waals surface area contributed by atoms with Gasteiger partial charge in [0.25, 0.3) is 5.56 Å². The smallest absolute Gasteiger partial charge is 0.332 e. The Balaban J connectivity index is 2.14. The van der Waals surface area contributed by atoms with Crippen molar-refractivity contribution < 1.29 is 4.74 Å². The monoisotopic (exact) mass is 382 g/mol. The Morgan fingerprint density at radius 1 is 1.00 bits per heavy atom. The van der Waals surface area contributed by atoms with Gasteiger partial charge in [0.1, 0.15) is 11.6 Å². The highest BCUT2D eigenvalue weighted by molar-refractivity contribution is 5.76. The van der Waals surface area contributed by atoms with Gasteiger partial charge in [-0.3, -0.25) is 13.9 Å². The summed E-state index contributed by atoms with van der Waals surface area (Å²) >= 11 is 0. The first-order valence-electron chi connectivity index (χ1n) is 9.54. The largest absolute Gasteiger partial charge is 0.497 e.